The normalized spacial score (nSPS) is 11.4. The van der Waals surface area contributed by atoms with Gasteiger partial charge in [0.1, 0.15) is 0 Å². The van der Waals surface area contributed by atoms with E-state index >= 15 is 0 Å². The maximum atomic E-state index is 13.2. The summed E-state index contributed by atoms with van der Waals surface area (Å²) in [5.74, 6) is -0.302. The van der Waals surface area contributed by atoms with Gasteiger partial charge in [0, 0.05) is 36.9 Å². The van der Waals surface area contributed by atoms with Crippen LogP contribution in [0.4, 0.5) is 5.69 Å². The first kappa shape index (κ1) is 23.6. The number of carbonyl (C=O) groups is 1. The Labute approximate surface area is 198 Å². The SMILES string of the molecule is COCCCNS(=O)(=O)c1ccc(NC(=O)c2cc(-c3ccccc3)nc3ccccc23)cc1. The number of para-hydroxylation sites is 1. The molecule has 1 amide bonds. The number of aromatic nitrogens is 1. The highest BCUT2D eigenvalue weighted by atomic mass is 32.2. The van der Waals surface area contributed by atoms with Crippen LogP contribution in [-0.2, 0) is 14.8 Å². The monoisotopic (exact) mass is 475 g/mol. The van der Waals surface area contributed by atoms with Crippen molar-refractivity contribution in [3.63, 3.8) is 0 Å². The van der Waals surface area contributed by atoms with E-state index in [-0.39, 0.29) is 17.3 Å². The van der Waals surface area contributed by atoms with Gasteiger partial charge in [0.15, 0.2) is 0 Å². The second kappa shape index (κ2) is 10.6. The van der Waals surface area contributed by atoms with Crippen LogP contribution >= 0.6 is 0 Å². The van der Waals surface area contributed by atoms with Gasteiger partial charge in [-0.05, 0) is 42.8 Å². The number of rotatable bonds is 9. The Balaban J connectivity index is 1.56. The summed E-state index contributed by atoms with van der Waals surface area (Å²) in [7, 11) is -2.06. The van der Waals surface area contributed by atoms with Crippen molar-refractivity contribution < 1.29 is 17.9 Å². The zero-order valence-corrected chi connectivity index (χ0v) is 19.5. The van der Waals surface area contributed by atoms with Crippen molar-refractivity contribution >= 4 is 32.5 Å². The van der Waals surface area contributed by atoms with Crippen molar-refractivity contribution in [3.8, 4) is 11.3 Å². The van der Waals surface area contributed by atoms with E-state index in [2.05, 4.69) is 10.0 Å². The highest BCUT2D eigenvalue weighted by Gasteiger charge is 2.16. The average molecular weight is 476 g/mol. The molecule has 8 heteroatoms. The predicted octanol–water partition coefficient (Wildman–Crippen LogP) is 4.47. The molecule has 0 spiro atoms. The molecule has 0 aliphatic rings. The summed E-state index contributed by atoms with van der Waals surface area (Å²) in [6.45, 7) is 0.761. The number of carbonyl (C=O) groups excluding carboxylic acids is 1. The van der Waals surface area contributed by atoms with Crippen LogP contribution in [0.5, 0.6) is 0 Å². The molecule has 0 fully saturated rings. The Morgan fingerprint density at radius 2 is 1.65 bits per heavy atom. The Morgan fingerprint density at radius 3 is 2.38 bits per heavy atom. The number of benzene rings is 3. The van der Waals surface area contributed by atoms with E-state index in [1.165, 1.54) is 12.1 Å². The van der Waals surface area contributed by atoms with E-state index in [0.717, 1.165) is 16.5 Å². The van der Waals surface area contributed by atoms with E-state index in [4.69, 9.17) is 9.72 Å². The minimum atomic E-state index is -3.63. The zero-order valence-electron chi connectivity index (χ0n) is 18.7. The molecule has 3 aromatic carbocycles. The van der Waals surface area contributed by atoms with Gasteiger partial charge in [-0.3, -0.25) is 4.79 Å². The summed E-state index contributed by atoms with van der Waals surface area (Å²) in [6, 6.07) is 25.0. The van der Waals surface area contributed by atoms with Crippen molar-refractivity contribution in [2.75, 3.05) is 25.6 Å². The minimum absolute atomic E-state index is 0.128. The van der Waals surface area contributed by atoms with Crippen LogP contribution in [0.1, 0.15) is 16.8 Å². The number of fused-ring (bicyclic) bond motifs is 1. The van der Waals surface area contributed by atoms with Gasteiger partial charge in [0.05, 0.1) is 21.7 Å². The van der Waals surface area contributed by atoms with E-state index in [1.807, 2.05) is 54.6 Å². The quantitative estimate of drug-likeness (QED) is 0.348. The Hall–Kier alpha value is -3.59. The van der Waals surface area contributed by atoms with Crippen LogP contribution in [0.15, 0.2) is 89.8 Å². The van der Waals surface area contributed by atoms with Gasteiger partial charge in [0.25, 0.3) is 5.91 Å². The maximum absolute atomic E-state index is 13.2. The molecular formula is C26H25N3O4S. The summed E-state index contributed by atoms with van der Waals surface area (Å²) in [5, 5.41) is 3.60. The van der Waals surface area contributed by atoms with Crippen LogP contribution in [-0.4, -0.2) is 39.6 Å². The molecule has 0 saturated carbocycles. The van der Waals surface area contributed by atoms with Crippen molar-refractivity contribution in [2.24, 2.45) is 0 Å². The fraction of sp³-hybridized carbons (Fsp3) is 0.154. The lowest BCUT2D eigenvalue weighted by Gasteiger charge is -2.11. The van der Waals surface area contributed by atoms with Crippen molar-refractivity contribution in [3.05, 3.63) is 90.5 Å². The molecule has 4 rings (SSSR count). The van der Waals surface area contributed by atoms with E-state index in [1.54, 1.807) is 25.3 Å². The lowest BCUT2D eigenvalue weighted by Crippen LogP contribution is -2.25. The first-order chi connectivity index (χ1) is 16.5. The second-order valence-corrected chi connectivity index (χ2v) is 9.43. The number of ether oxygens (including phenoxy) is 1. The van der Waals surface area contributed by atoms with Gasteiger partial charge in [0.2, 0.25) is 10.0 Å². The van der Waals surface area contributed by atoms with E-state index in [0.29, 0.717) is 30.0 Å². The number of hydrogen-bond acceptors (Lipinski definition) is 5. The average Bonchev–Trinajstić information content (AvgIpc) is 2.87. The molecule has 4 aromatic rings. The molecule has 0 aliphatic carbocycles. The third kappa shape index (κ3) is 5.48. The van der Waals surface area contributed by atoms with Gasteiger partial charge >= 0.3 is 0 Å². The van der Waals surface area contributed by atoms with Crippen molar-refractivity contribution in [1.29, 1.82) is 0 Å². The number of hydrogen-bond donors (Lipinski definition) is 2. The molecule has 174 valence electrons. The van der Waals surface area contributed by atoms with Gasteiger partial charge in [-0.2, -0.15) is 0 Å². The Morgan fingerprint density at radius 1 is 0.941 bits per heavy atom. The number of methoxy groups -OCH3 is 1. The number of nitrogens with one attached hydrogen (secondary N) is 2. The zero-order chi connectivity index (χ0) is 24.0. The topological polar surface area (TPSA) is 97.4 Å². The number of sulfonamides is 1. The van der Waals surface area contributed by atoms with Crippen LogP contribution in [0.2, 0.25) is 0 Å². The highest BCUT2D eigenvalue weighted by Crippen LogP contribution is 2.26. The molecule has 1 heterocycles. The van der Waals surface area contributed by atoms with Crippen LogP contribution in [0.25, 0.3) is 22.2 Å². The fourth-order valence-corrected chi connectivity index (χ4v) is 4.62. The molecule has 0 bridgehead atoms. The number of anilines is 1. The second-order valence-electron chi connectivity index (χ2n) is 7.66. The molecule has 0 atom stereocenters. The molecule has 0 unspecified atom stereocenters. The molecule has 0 aliphatic heterocycles. The van der Waals surface area contributed by atoms with Crippen LogP contribution in [0.3, 0.4) is 0 Å². The number of amides is 1. The van der Waals surface area contributed by atoms with Crippen LogP contribution in [0, 0.1) is 0 Å². The van der Waals surface area contributed by atoms with Gasteiger partial charge in [-0.25, -0.2) is 18.1 Å². The molecule has 2 N–H and O–H groups in total. The summed E-state index contributed by atoms with van der Waals surface area (Å²) < 4.78 is 32.3. The fourth-order valence-electron chi connectivity index (χ4n) is 3.54. The third-order valence-corrected chi connectivity index (χ3v) is 6.75. The van der Waals surface area contributed by atoms with Crippen molar-refractivity contribution in [2.45, 2.75) is 11.3 Å². The molecule has 34 heavy (non-hydrogen) atoms. The molecule has 0 saturated heterocycles. The lowest BCUT2D eigenvalue weighted by atomic mass is 10.0. The summed E-state index contributed by atoms with van der Waals surface area (Å²) >= 11 is 0. The lowest BCUT2D eigenvalue weighted by molar-refractivity contribution is 0.102. The molecule has 1 aromatic heterocycles. The number of pyridine rings is 1. The highest BCUT2D eigenvalue weighted by molar-refractivity contribution is 7.89. The summed E-state index contributed by atoms with van der Waals surface area (Å²) in [4.78, 5) is 18.1. The van der Waals surface area contributed by atoms with E-state index < -0.39 is 10.0 Å². The Kier molecular flexibility index (Phi) is 7.32. The minimum Gasteiger partial charge on any atom is -0.385 e. The Bertz CT molecular complexity index is 1390. The maximum Gasteiger partial charge on any atom is 0.256 e. The first-order valence-corrected chi connectivity index (χ1v) is 12.3. The van der Waals surface area contributed by atoms with Crippen LogP contribution < -0.4 is 10.0 Å². The molecular weight excluding hydrogens is 450 g/mol. The van der Waals surface area contributed by atoms with Gasteiger partial charge in [-0.1, -0.05) is 48.5 Å². The summed E-state index contributed by atoms with van der Waals surface area (Å²) in [6.07, 6.45) is 0.578. The number of nitrogens with zero attached hydrogens (tertiary/aromatic N) is 1. The smallest absolute Gasteiger partial charge is 0.256 e. The van der Waals surface area contributed by atoms with E-state index in [9.17, 15) is 13.2 Å². The van der Waals surface area contributed by atoms with Crippen molar-refractivity contribution in [1.82, 2.24) is 9.71 Å². The van der Waals surface area contributed by atoms with Gasteiger partial charge < -0.3 is 10.1 Å². The van der Waals surface area contributed by atoms with Gasteiger partial charge in [-0.15, -0.1) is 0 Å². The predicted molar refractivity (Wildman–Crippen MR) is 133 cm³/mol. The standard InChI is InChI=1S/C26H25N3O4S/c1-33-17-7-16-27-34(31,32)21-14-12-20(13-15-21)28-26(30)23-18-25(19-8-3-2-4-9-19)29-24-11-6-5-10-22(23)24/h2-6,8-15,18,27H,7,16-17H2,1H3,(H,28,30). The molecule has 0 radical (unpaired) electrons. The first-order valence-electron chi connectivity index (χ1n) is 10.8. The summed E-state index contributed by atoms with van der Waals surface area (Å²) in [5.41, 5.74) is 3.31. The third-order valence-electron chi connectivity index (χ3n) is 5.27. The molecule has 7 nitrogen and oxygen atoms in total. The largest absolute Gasteiger partial charge is 0.385 e.